The first-order valence-electron chi connectivity index (χ1n) is 7.64. The molecular weight excluding hydrogens is 344 g/mol. The molecule has 0 fully saturated rings. The quantitative estimate of drug-likeness (QED) is 0.619. The van der Waals surface area contributed by atoms with Gasteiger partial charge in [-0.05, 0) is 36.2 Å². The lowest BCUT2D eigenvalue weighted by molar-refractivity contribution is -0.134. The molecule has 2 aromatic rings. The van der Waals surface area contributed by atoms with Crippen LogP contribution in [0.5, 0.6) is 0 Å². The summed E-state index contributed by atoms with van der Waals surface area (Å²) in [6, 6.07) is 8.48. The molecule has 0 saturated heterocycles. The molecular formula is C18H19ClN2O4. The van der Waals surface area contributed by atoms with E-state index < -0.39 is 11.9 Å². The van der Waals surface area contributed by atoms with Crippen LogP contribution in [-0.2, 0) is 22.6 Å². The summed E-state index contributed by atoms with van der Waals surface area (Å²) in [5, 5.41) is 16.4. The molecule has 25 heavy (non-hydrogen) atoms. The van der Waals surface area contributed by atoms with E-state index in [0.717, 1.165) is 18.0 Å². The van der Waals surface area contributed by atoms with Gasteiger partial charge in [-0.15, -0.1) is 0 Å². The first-order chi connectivity index (χ1) is 11.8. The van der Waals surface area contributed by atoms with Crippen molar-refractivity contribution in [3.8, 4) is 11.3 Å². The molecule has 0 unspecified atom stereocenters. The van der Waals surface area contributed by atoms with Crippen LogP contribution in [0.4, 0.5) is 0 Å². The van der Waals surface area contributed by atoms with Crippen molar-refractivity contribution in [2.24, 2.45) is 5.73 Å². The minimum absolute atomic E-state index is 0.162. The number of hydrogen-bond donors (Lipinski definition) is 3. The molecule has 0 bridgehead atoms. The Morgan fingerprint density at radius 3 is 2.44 bits per heavy atom. The number of carboxylic acid groups (broad SMARTS) is 2. The minimum atomic E-state index is -1.26. The maximum absolute atomic E-state index is 9.55. The van der Waals surface area contributed by atoms with Gasteiger partial charge >= 0.3 is 11.9 Å². The number of hydrogen-bond acceptors (Lipinski definition) is 3. The fourth-order valence-corrected chi connectivity index (χ4v) is 2.89. The summed E-state index contributed by atoms with van der Waals surface area (Å²) in [6.45, 7) is 2.88. The van der Waals surface area contributed by atoms with Crippen molar-refractivity contribution < 1.29 is 19.8 Å². The maximum Gasteiger partial charge on any atom is 0.328 e. The van der Waals surface area contributed by atoms with Gasteiger partial charge < -0.3 is 20.5 Å². The fraction of sp³-hybridized carbons (Fsp3) is 0.222. The molecule has 0 spiro atoms. The van der Waals surface area contributed by atoms with E-state index in [1.165, 1.54) is 22.4 Å². The number of fused-ring (bicyclic) bond motifs is 3. The first-order valence-corrected chi connectivity index (χ1v) is 8.02. The highest BCUT2D eigenvalue weighted by molar-refractivity contribution is 6.30. The number of nitrogens with two attached hydrogens (primary N) is 1. The molecule has 132 valence electrons. The third-order valence-electron chi connectivity index (χ3n) is 3.61. The number of rotatable bonds is 4. The molecule has 6 nitrogen and oxygen atoms in total. The van der Waals surface area contributed by atoms with Crippen molar-refractivity contribution in [1.82, 2.24) is 4.57 Å². The van der Waals surface area contributed by atoms with E-state index in [9.17, 15) is 9.59 Å². The number of carbonyl (C=O) groups is 2. The molecule has 1 heterocycles. The molecule has 3 rings (SSSR count). The Hall–Kier alpha value is -2.57. The number of aromatic nitrogens is 1. The standard InChI is InChI=1S/C14H15ClN2.C4H4O4/c1-9(16)8-17-5-4-11-6-10-2-3-12(15)7-13(10)14(11)17;5-3(6)1-2-4(7)8/h2-5,7,9H,6,8,16H2,1H3;1-2H,(H,5,6)(H,7,8)/b;2-1+/t9-;/m1./s1. The Balaban J connectivity index is 0.000000242. The van der Waals surface area contributed by atoms with Crippen LogP contribution < -0.4 is 5.73 Å². The lowest BCUT2D eigenvalue weighted by Crippen LogP contribution is -2.22. The lowest BCUT2D eigenvalue weighted by atomic mass is 10.1. The van der Waals surface area contributed by atoms with Crippen molar-refractivity contribution >= 4 is 23.5 Å². The zero-order chi connectivity index (χ0) is 18.6. The van der Waals surface area contributed by atoms with E-state index in [0.29, 0.717) is 12.2 Å². The van der Waals surface area contributed by atoms with Crippen molar-refractivity contribution in [3.05, 3.63) is 58.8 Å². The Morgan fingerprint density at radius 2 is 1.88 bits per heavy atom. The molecule has 1 aliphatic rings. The van der Waals surface area contributed by atoms with Crippen LogP contribution in [0.2, 0.25) is 5.02 Å². The van der Waals surface area contributed by atoms with E-state index in [-0.39, 0.29) is 6.04 Å². The third-order valence-corrected chi connectivity index (χ3v) is 3.84. The van der Waals surface area contributed by atoms with Crippen LogP contribution in [-0.4, -0.2) is 32.8 Å². The summed E-state index contributed by atoms with van der Waals surface area (Å²) in [7, 11) is 0. The Labute approximate surface area is 150 Å². The molecule has 0 radical (unpaired) electrons. The predicted molar refractivity (Wildman–Crippen MR) is 95.7 cm³/mol. The number of benzene rings is 1. The summed E-state index contributed by atoms with van der Waals surface area (Å²) in [5.41, 5.74) is 11.2. The molecule has 1 atom stereocenters. The average molecular weight is 363 g/mol. The van der Waals surface area contributed by atoms with Crippen LogP contribution >= 0.6 is 11.6 Å². The van der Waals surface area contributed by atoms with Gasteiger partial charge in [0.1, 0.15) is 0 Å². The molecule has 0 saturated carbocycles. The van der Waals surface area contributed by atoms with Crippen LogP contribution in [0.1, 0.15) is 18.1 Å². The summed E-state index contributed by atoms with van der Waals surface area (Å²) >= 11 is 6.08. The zero-order valence-corrected chi connectivity index (χ0v) is 14.4. The van der Waals surface area contributed by atoms with Crippen molar-refractivity contribution in [2.75, 3.05) is 0 Å². The van der Waals surface area contributed by atoms with E-state index >= 15 is 0 Å². The topological polar surface area (TPSA) is 106 Å². The number of carboxylic acids is 2. The van der Waals surface area contributed by atoms with E-state index in [1.54, 1.807) is 0 Å². The molecule has 1 aromatic carbocycles. The monoisotopic (exact) mass is 362 g/mol. The first kappa shape index (κ1) is 18.8. The fourth-order valence-electron chi connectivity index (χ4n) is 2.72. The second-order valence-electron chi connectivity index (χ2n) is 5.81. The van der Waals surface area contributed by atoms with Crippen molar-refractivity contribution in [2.45, 2.75) is 25.9 Å². The highest BCUT2D eigenvalue weighted by Gasteiger charge is 2.22. The predicted octanol–water partition coefficient (Wildman–Crippen LogP) is 2.77. The van der Waals surface area contributed by atoms with Crippen LogP contribution in [0.15, 0.2) is 42.6 Å². The molecule has 7 heteroatoms. The maximum atomic E-state index is 9.55. The minimum Gasteiger partial charge on any atom is -0.478 e. The molecule has 1 aromatic heterocycles. The molecule has 0 amide bonds. The van der Waals surface area contributed by atoms with Gasteiger partial charge in [-0.2, -0.15) is 0 Å². The largest absolute Gasteiger partial charge is 0.478 e. The highest BCUT2D eigenvalue weighted by atomic mass is 35.5. The van der Waals surface area contributed by atoms with Crippen LogP contribution in [0, 0.1) is 0 Å². The Morgan fingerprint density at radius 1 is 1.24 bits per heavy atom. The molecule has 0 aliphatic heterocycles. The van der Waals surface area contributed by atoms with Crippen molar-refractivity contribution in [3.63, 3.8) is 0 Å². The van der Waals surface area contributed by atoms with E-state index in [1.807, 2.05) is 13.0 Å². The summed E-state index contributed by atoms with van der Waals surface area (Å²) in [5.74, 6) is -2.51. The SMILES string of the molecule is C[C@@H](N)Cn1ccc2c1-c1cc(Cl)ccc1C2.O=C(O)/C=C/C(=O)O. The van der Waals surface area contributed by atoms with Gasteiger partial charge in [0.15, 0.2) is 0 Å². The van der Waals surface area contributed by atoms with Crippen LogP contribution in [0.3, 0.4) is 0 Å². The van der Waals surface area contributed by atoms with Gasteiger partial charge in [0, 0.05) is 47.9 Å². The smallest absolute Gasteiger partial charge is 0.328 e. The normalized spacial score (nSPS) is 12.9. The number of aliphatic carboxylic acids is 2. The molecule has 1 aliphatic carbocycles. The van der Waals surface area contributed by atoms with Gasteiger partial charge in [0.2, 0.25) is 0 Å². The zero-order valence-electron chi connectivity index (χ0n) is 13.6. The second kappa shape index (κ2) is 8.00. The number of nitrogens with zero attached hydrogens (tertiary/aromatic N) is 1. The molecule has 4 N–H and O–H groups in total. The van der Waals surface area contributed by atoms with Gasteiger partial charge in [-0.1, -0.05) is 17.7 Å². The third kappa shape index (κ3) is 4.95. The van der Waals surface area contributed by atoms with Gasteiger partial charge in [0.25, 0.3) is 0 Å². The highest BCUT2D eigenvalue weighted by Crippen LogP contribution is 2.38. The van der Waals surface area contributed by atoms with E-state index in [4.69, 9.17) is 27.5 Å². The van der Waals surface area contributed by atoms with E-state index in [2.05, 4.69) is 29.0 Å². The van der Waals surface area contributed by atoms with Gasteiger partial charge in [-0.25, -0.2) is 9.59 Å². The summed E-state index contributed by atoms with van der Waals surface area (Å²) in [6.07, 6.45) is 4.25. The summed E-state index contributed by atoms with van der Waals surface area (Å²) in [4.78, 5) is 19.1. The lowest BCUT2D eigenvalue weighted by Gasteiger charge is -2.11. The van der Waals surface area contributed by atoms with Crippen LogP contribution in [0.25, 0.3) is 11.3 Å². The summed E-state index contributed by atoms with van der Waals surface area (Å²) < 4.78 is 2.24. The average Bonchev–Trinajstić information content (AvgIpc) is 3.05. The van der Waals surface area contributed by atoms with Crippen molar-refractivity contribution in [1.29, 1.82) is 0 Å². The van der Waals surface area contributed by atoms with Gasteiger partial charge in [0.05, 0.1) is 5.69 Å². The van der Waals surface area contributed by atoms with Gasteiger partial charge in [-0.3, -0.25) is 0 Å². The Kier molecular flexibility index (Phi) is 6.01. The number of halogens is 1. The Bertz CT molecular complexity index is 808. The second-order valence-corrected chi connectivity index (χ2v) is 6.24.